The third-order valence-corrected chi connectivity index (χ3v) is 5.28. The lowest BCUT2D eigenvalue weighted by Gasteiger charge is -2.24. The maximum atomic E-state index is 5.79. The average molecular weight is 313 g/mol. The molecule has 2 aliphatic heterocycles. The van der Waals surface area contributed by atoms with Crippen LogP contribution in [0.25, 0.3) is 11.0 Å². The third-order valence-electron chi connectivity index (χ3n) is 5.28. The van der Waals surface area contributed by atoms with Gasteiger partial charge >= 0.3 is 0 Å². The van der Waals surface area contributed by atoms with Crippen LogP contribution >= 0.6 is 0 Å². The summed E-state index contributed by atoms with van der Waals surface area (Å²) in [6.07, 6.45) is 5.08. The van der Waals surface area contributed by atoms with E-state index in [0.29, 0.717) is 19.1 Å². The van der Waals surface area contributed by atoms with E-state index in [9.17, 15) is 0 Å². The Morgan fingerprint density at radius 2 is 1.78 bits per heavy atom. The molecule has 1 aromatic heterocycles. The van der Waals surface area contributed by atoms with Crippen LogP contribution < -0.4 is 14.8 Å². The molecule has 0 atom stereocenters. The van der Waals surface area contributed by atoms with Crippen LogP contribution in [-0.2, 0) is 6.54 Å². The van der Waals surface area contributed by atoms with Crippen molar-refractivity contribution in [2.45, 2.75) is 38.1 Å². The van der Waals surface area contributed by atoms with Gasteiger partial charge in [-0.2, -0.15) is 0 Å². The van der Waals surface area contributed by atoms with Gasteiger partial charge in [-0.3, -0.25) is 0 Å². The van der Waals surface area contributed by atoms with E-state index in [4.69, 9.17) is 14.5 Å². The van der Waals surface area contributed by atoms with E-state index in [0.717, 1.165) is 42.6 Å². The normalized spacial score (nSPS) is 21.7. The minimum atomic E-state index is 0.629. The molecule has 5 heteroatoms. The van der Waals surface area contributed by atoms with Crippen LogP contribution in [0.3, 0.4) is 0 Å². The predicted octanol–water partition coefficient (Wildman–Crippen LogP) is 2.68. The molecule has 2 aromatic rings. The first kappa shape index (κ1) is 13.7. The second-order valence-electron chi connectivity index (χ2n) is 7.03. The molecule has 5 nitrogen and oxygen atoms in total. The van der Waals surface area contributed by atoms with Crippen LogP contribution in [0.1, 0.15) is 37.4 Å². The molecule has 5 rings (SSSR count). The zero-order valence-electron chi connectivity index (χ0n) is 13.4. The highest BCUT2D eigenvalue weighted by atomic mass is 16.6. The summed E-state index contributed by atoms with van der Waals surface area (Å²) in [5.41, 5.74) is 2.28. The molecule has 0 unspecified atom stereocenters. The van der Waals surface area contributed by atoms with Crippen LogP contribution in [0.2, 0.25) is 0 Å². The van der Waals surface area contributed by atoms with Crippen molar-refractivity contribution < 1.29 is 9.47 Å². The zero-order valence-corrected chi connectivity index (χ0v) is 13.4. The second-order valence-corrected chi connectivity index (χ2v) is 7.03. The molecule has 1 saturated heterocycles. The number of rotatable bonds is 3. The summed E-state index contributed by atoms with van der Waals surface area (Å²) >= 11 is 0. The molecule has 0 radical (unpaired) electrons. The molecule has 0 amide bonds. The molecule has 1 aromatic carbocycles. The zero-order chi connectivity index (χ0) is 15.2. The highest BCUT2D eigenvalue weighted by molar-refractivity contribution is 5.81. The van der Waals surface area contributed by atoms with E-state index >= 15 is 0 Å². The van der Waals surface area contributed by atoms with Gasteiger partial charge in [0.15, 0.2) is 11.5 Å². The fourth-order valence-corrected chi connectivity index (χ4v) is 3.85. The van der Waals surface area contributed by atoms with Gasteiger partial charge in [0.25, 0.3) is 0 Å². The van der Waals surface area contributed by atoms with Gasteiger partial charge in [-0.25, -0.2) is 4.98 Å². The van der Waals surface area contributed by atoms with Gasteiger partial charge in [-0.05, 0) is 44.7 Å². The highest BCUT2D eigenvalue weighted by Gasteiger charge is 2.31. The Bertz CT molecular complexity index is 729. The predicted molar refractivity (Wildman–Crippen MR) is 88.3 cm³/mol. The molecule has 0 spiro atoms. The molecule has 0 bridgehead atoms. The van der Waals surface area contributed by atoms with Crippen LogP contribution in [0.15, 0.2) is 12.1 Å². The number of piperidine rings is 1. The summed E-state index contributed by atoms with van der Waals surface area (Å²) in [4.78, 5) is 4.96. The maximum Gasteiger partial charge on any atom is 0.163 e. The summed E-state index contributed by atoms with van der Waals surface area (Å²) in [6.45, 7) is 4.63. The number of benzene rings is 1. The third kappa shape index (κ3) is 2.47. The van der Waals surface area contributed by atoms with Crippen LogP contribution in [0.5, 0.6) is 11.5 Å². The fourth-order valence-electron chi connectivity index (χ4n) is 3.85. The van der Waals surface area contributed by atoms with Crippen molar-refractivity contribution in [2.75, 3.05) is 26.3 Å². The van der Waals surface area contributed by atoms with Crippen molar-refractivity contribution in [3.63, 3.8) is 0 Å². The monoisotopic (exact) mass is 313 g/mol. The van der Waals surface area contributed by atoms with E-state index in [1.54, 1.807) is 0 Å². The summed E-state index contributed by atoms with van der Waals surface area (Å²) in [5, 5.41) is 3.46. The number of nitrogens with zero attached hydrogens (tertiary/aromatic N) is 2. The van der Waals surface area contributed by atoms with Gasteiger partial charge < -0.3 is 19.4 Å². The molecule has 122 valence electrons. The molecular formula is C18H23N3O2. The van der Waals surface area contributed by atoms with Crippen molar-refractivity contribution in [1.29, 1.82) is 0 Å². The lowest BCUT2D eigenvalue weighted by molar-refractivity contribution is 0.172. The van der Waals surface area contributed by atoms with Crippen molar-refractivity contribution >= 4 is 11.0 Å². The molecule has 23 heavy (non-hydrogen) atoms. The topological polar surface area (TPSA) is 48.3 Å². The Morgan fingerprint density at radius 3 is 2.52 bits per heavy atom. The number of hydrogen-bond donors (Lipinski definition) is 1. The quantitative estimate of drug-likeness (QED) is 0.946. The van der Waals surface area contributed by atoms with Gasteiger partial charge in [0, 0.05) is 24.6 Å². The van der Waals surface area contributed by atoms with E-state index in [-0.39, 0.29) is 0 Å². The molecule has 2 fully saturated rings. The molecule has 1 saturated carbocycles. The number of imidazole rings is 1. The first-order valence-corrected chi connectivity index (χ1v) is 8.89. The largest absolute Gasteiger partial charge is 0.486 e. The van der Waals surface area contributed by atoms with E-state index in [2.05, 4.69) is 22.0 Å². The van der Waals surface area contributed by atoms with Crippen LogP contribution in [-0.4, -0.2) is 35.9 Å². The maximum absolute atomic E-state index is 5.79. The van der Waals surface area contributed by atoms with Crippen LogP contribution in [0, 0.1) is 5.92 Å². The molecule has 1 aliphatic carbocycles. The SMILES string of the molecule is c1c2c(cc3c1nc(C1CC1)n3CC1CCNCC1)OCCO2. The molecular weight excluding hydrogens is 290 g/mol. The fraction of sp³-hybridized carbons (Fsp3) is 0.611. The standard InChI is InChI=1S/C18H23N3O2/c1-2-13(1)18-20-14-9-16-17(23-8-7-22-16)10-15(14)21(18)11-12-3-5-19-6-4-12/h9-10,12-13,19H,1-8,11H2. The van der Waals surface area contributed by atoms with E-state index < -0.39 is 0 Å². The summed E-state index contributed by atoms with van der Waals surface area (Å²) in [6, 6.07) is 4.21. The van der Waals surface area contributed by atoms with Gasteiger partial charge in [-0.1, -0.05) is 0 Å². The Kier molecular flexibility index (Phi) is 3.21. The minimum absolute atomic E-state index is 0.629. The van der Waals surface area contributed by atoms with Crippen molar-refractivity contribution in [2.24, 2.45) is 5.92 Å². The summed E-state index contributed by atoms with van der Waals surface area (Å²) in [7, 11) is 0. The Hall–Kier alpha value is -1.75. The molecule has 3 aliphatic rings. The van der Waals surface area contributed by atoms with Gasteiger partial charge in [0.2, 0.25) is 0 Å². The van der Waals surface area contributed by atoms with Crippen LogP contribution in [0.4, 0.5) is 0 Å². The first-order valence-electron chi connectivity index (χ1n) is 8.89. The number of fused-ring (bicyclic) bond motifs is 2. The van der Waals surface area contributed by atoms with Crippen molar-refractivity contribution in [3.05, 3.63) is 18.0 Å². The van der Waals surface area contributed by atoms with E-state index in [1.807, 2.05) is 0 Å². The smallest absolute Gasteiger partial charge is 0.163 e. The molecule has 1 N–H and O–H groups in total. The number of aromatic nitrogens is 2. The molecule has 3 heterocycles. The summed E-state index contributed by atoms with van der Waals surface area (Å²) < 4.78 is 14.0. The lowest BCUT2D eigenvalue weighted by Crippen LogP contribution is -2.30. The lowest BCUT2D eigenvalue weighted by atomic mass is 9.98. The Morgan fingerprint density at radius 1 is 1.04 bits per heavy atom. The Balaban J connectivity index is 1.58. The highest BCUT2D eigenvalue weighted by Crippen LogP contribution is 2.43. The van der Waals surface area contributed by atoms with Crippen molar-refractivity contribution in [3.8, 4) is 11.5 Å². The van der Waals surface area contributed by atoms with Crippen molar-refractivity contribution in [1.82, 2.24) is 14.9 Å². The van der Waals surface area contributed by atoms with E-state index in [1.165, 1.54) is 37.0 Å². The number of nitrogens with one attached hydrogen (secondary N) is 1. The second kappa shape index (κ2) is 5.41. The first-order chi connectivity index (χ1) is 11.4. The van der Waals surface area contributed by atoms with Gasteiger partial charge in [-0.15, -0.1) is 0 Å². The minimum Gasteiger partial charge on any atom is -0.486 e. The number of hydrogen-bond acceptors (Lipinski definition) is 4. The summed E-state index contributed by atoms with van der Waals surface area (Å²) in [5.74, 6) is 4.40. The number of ether oxygens (including phenoxy) is 2. The van der Waals surface area contributed by atoms with Gasteiger partial charge in [0.1, 0.15) is 19.0 Å². The average Bonchev–Trinajstić information content (AvgIpc) is 3.38. The van der Waals surface area contributed by atoms with Gasteiger partial charge in [0.05, 0.1) is 11.0 Å². The Labute approximate surface area is 136 Å².